The monoisotopic (exact) mass is 407 g/mol. The van der Waals surface area contributed by atoms with Crippen LogP contribution in [0.5, 0.6) is 0 Å². The van der Waals surface area contributed by atoms with Crippen LogP contribution < -0.4 is 5.32 Å². The number of alkyl halides is 4. The minimum atomic E-state index is -3.03. The summed E-state index contributed by atoms with van der Waals surface area (Å²) in [5.41, 5.74) is 5.48. The van der Waals surface area contributed by atoms with Crippen molar-refractivity contribution in [3.05, 3.63) is 5.73 Å². The van der Waals surface area contributed by atoms with Crippen molar-refractivity contribution in [2.45, 2.75) is 68.9 Å². The average Bonchev–Trinajstić information content (AvgIpc) is 3.44. The number of carbonyl (C=O) groups is 2. The van der Waals surface area contributed by atoms with Crippen LogP contribution in [0.25, 0.3) is 5.73 Å². The summed E-state index contributed by atoms with van der Waals surface area (Å²) in [6.07, 6.45) is -0.180. The largest absolute Gasteiger partial charge is 0.667 e. The van der Waals surface area contributed by atoms with Gasteiger partial charge in [0.1, 0.15) is 5.54 Å². The highest BCUT2D eigenvalue weighted by Gasteiger charge is 2.70. The number of amides is 2. The summed E-state index contributed by atoms with van der Waals surface area (Å²) >= 11 is 0. The van der Waals surface area contributed by atoms with Gasteiger partial charge in [0.2, 0.25) is 11.8 Å². The quantitative estimate of drug-likeness (QED) is 0.695. The third kappa shape index (κ3) is 5.25. The zero-order valence-electron chi connectivity index (χ0n) is 15.4. The molecule has 7 nitrogen and oxygen atoms in total. The van der Waals surface area contributed by atoms with E-state index < -0.39 is 47.3 Å². The molecule has 3 N–H and O–H groups in total. The van der Waals surface area contributed by atoms with Crippen molar-refractivity contribution in [3.8, 4) is 6.07 Å². The van der Waals surface area contributed by atoms with Gasteiger partial charge in [-0.3, -0.25) is 4.79 Å². The van der Waals surface area contributed by atoms with Crippen LogP contribution in [0, 0.1) is 16.7 Å². The van der Waals surface area contributed by atoms with Gasteiger partial charge in [0.05, 0.1) is 6.07 Å². The van der Waals surface area contributed by atoms with Crippen molar-refractivity contribution >= 4 is 12.0 Å². The summed E-state index contributed by atoms with van der Waals surface area (Å²) in [7, 11) is 0. The van der Waals surface area contributed by atoms with Crippen LogP contribution in [0.1, 0.15) is 45.4 Å². The van der Waals surface area contributed by atoms with Gasteiger partial charge < -0.3 is 21.1 Å². The highest BCUT2D eigenvalue weighted by atomic mass is 19.3. The third-order valence-electron chi connectivity index (χ3n) is 5.41. The van der Waals surface area contributed by atoms with E-state index in [1.807, 2.05) is 6.07 Å². The van der Waals surface area contributed by atoms with Crippen LogP contribution in [-0.4, -0.2) is 58.5 Å². The summed E-state index contributed by atoms with van der Waals surface area (Å²) in [6, 6.07) is 0.380. The number of nitrogens with one attached hydrogen (secondary N) is 2. The predicted octanol–water partition coefficient (Wildman–Crippen LogP) is 3.41. The first kappa shape index (κ1) is 22.2. The molecule has 0 aromatic rings. The lowest BCUT2D eigenvalue weighted by molar-refractivity contribution is -0.124. The van der Waals surface area contributed by atoms with Gasteiger partial charge in [-0.25, -0.2) is 22.4 Å². The molecule has 11 heteroatoms. The van der Waals surface area contributed by atoms with Crippen molar-refractivity contribution in [2.24, 2.45) is 5.41 Å². The Balaban J connectivity index is 0.000000202. The Labute approximate surface area is 159 Å². The van der Waals surface area contributed by atoms with E-state index >= 15 is 0 Å². The summed E-state index contributed by atoms with van der Waals surface area (Å²) in [6.45, 7) is 1.18. The molecule has 1 saturated heterocycles. The number of likely N-dealkylation sites (tertiary alicyclic amines) is 1. The van der Waals surface area contributed by atoms with Gasteiger partial charge in [-0.05, 0) is 32.6 Å². The Bertz CT molecular complexity index is 662. The molecule has 158 valence electrons. The normalized spacial score (nSPS) is 24.2. The molecule has 2 saturated carbocycles. The highest BCUT2D eigenvalue weighted by molar-refractivity contribution is 5.84. The number of rotatable bonds is 4. The molecule has 3 aliphatic rings. The van der Waals surface area contributed by atoms with Crippen molar-refractivity contribution < 1.29 is 32.3 Å². The van der Waals surface area contributed by atoms with E-state index in [2.05, 4.69) is 5.32 Å². The van der Waals surface area contributed by atoms with E-state index in [0.717, 1.165) is 0 Å². The lowest BCUT2D eigenvalue weighted by Crippen LogP contribution is -2.42. The second-order valence-electron chi connectivity index (χ2n) is 7.94. The fraction of sp³-hybridized carbons (Fsp3) is 0.824. The van der Waals surface area contributed by atoms with Crippen LogP contribution in [0.2, 0.25) is 0 Å². The SMILES string of the molecule is CC(F)(F)C[C@H]([NH-])C(=O)NC1(C#N)CC1.O=C(O)N1CCC2(CC1)CC2(F)F. The second kappa shape index (κ2) is 7.39. The molecule has 2 amide bonds. The Hall–Kier alpha value is -2.09. The zero-order valence-corrected chi connectivity index (χ0v) is 15.4. The lowest BCUT2D eigenvalue weighted by atomic mass is 9.93. The van der Waals surface area contributed by atoms with E-state index in [1.165, 1.54) is 4.90 Å². The van der Waals surface area contributed by atoms with Crippen molar-refractivity contribution in [1.29, 1.82) is 5.26 Å². The maximum absolute atomic E-state index is 12.8. The highest BCUT2D eigenvalue weighted by Crippen LogP contribution is 2.65. The van der Waals surface area contributed by atoms with Crippen molar-refractivity contribution in [2.75, 3.05) is 13.1 Å². The minimum absolute atomic E-state index is 0.0482. The standard InChI is InChI=1S/C9H12F2N3O.C8H11F2NO2/c1-8(10,11)4-6(13)7(15)14-9(5-12)2-3-9;9-8(10)5-7(8)1-3-11(4-2-7)6(12)13/h6,13H,2-4H2,1H3,(H,14,15);1-5H2,(H,12,13)/q-1;/t6-;/m0./s1. The first-order chi connectivity index (χ1) is 12.7. The van der Waals surface area contributed by atoms with Crippen LogP contribution >= 0.6 is 0 Å². The topological polar surface area (TPSA) is 117 Å². The van der Waals surface area contributed by atoms with E-state index in [4.69, 9.17) is 16.1 Å². The Morgan fingerprint density at radius 2 is 1.79 bits per heavy atom. The smallest absolute Gasteiger partial charge is 0.407 e. The van der Waals surface area contributed by atoms with Gasteiger partial charge in [-0.1, -0.05) is 6.04 Å². The van der Waals surface area contributed by atoms with Gasteiger partial charge in [0.25, 0.3) is 5.92 Å². The molecule has 1 atom stereocenters. The van der Waals surface area contributed by atoms with E-state index in [-0.39, 0.29) is 19.5 Å². The molecule has 0 unspecified atom stereocenters. The number of hydrogen-bond donors (Lipinski definition) is 2. The molecule has 3 rings (SSSR count). The Morgan fingerprint density at radius 3 is 2.11 bits per heavy atom. The van der Waals surface area contributed by atoms with Crippen LogP contribution in [0.4, 0.5) is 22.4 Å². The fourth-order valence-electron chi connectivity index (χ4n) is 3.21. The van der Waals surface area contributed by atoms with Crippen LogP contribution in [0.15, 0.2) is 0 Å². The molecule has 0 radical (unpaired) electrons. The van der Waals surface area contributed by atoms with Crippen molar-refractivity contribution in [1.82, 2.24) is 10.2 Å². The van der Waals surface area contributed by atoms with E-state index in [1.54, 1.807) is 0 Å². The minimum Gasteiger partial charge on any atom is -0.667 e. The Kier molecular flexibility index (Phi) is 5.86. The van der Waals surface area contributed by atoms with E-state index in [9.17, 15) is 27.2 Å². The molecule has 1 spiro atoms. The summed E-state index contributed by atoms with van der Waals surface area (Å²) < 4.78 is 50.7. The van der Waals surface area contributed by atoms with E-state index in [0.29, 0.717) is 32.6 Å². The molecule has 1 heterocycles. The molecule has 28 heavy (non-hydrogen) atoms. The molecule has 3 fully saturated rings. The van der Waals surface area contributed by atoms with Gasteiger partial charge in [0.15, 0.2) is 0 Å². The molecule has 0 aromatic heterocycles. The van der Waals surface area contributed by atoms with Crippen LogP contribution in [0.3, 0.4) is 0 Å². The molecule has 1 aliphatic heterocycles. The molecule has 0 aromatic carbocycles. The Morgan fingerprint density at radius 1 is 1.29 bits per heavy atom. The molecular weight excluding hydrogens is 384 g/mol. The van der Waals surface area contributed by atoms with Crippen molar-refractivity contribution in [3.63, 3.8) is 0 Å². The number of nitrogens with zero attached hydrogens (tertiary/aromatic N) is 2. The molecule has 2 aliphatic carbocycles. The first-order valence-corrected chi connectivity index (χ1v) is 8.93. The maximum Gasteiger partial charge on any atom is 0.407 e. The molecular formula is C17H23F4N4O3-. The van der Waals surface area contributed by atoms with Gasteiger partial charge >= 0.3 is 6.09 Å². The second-order valence-corrected chi connectivity index (χ2v) is 7.94. The summed E-state index contributed by atoms with van der Waals surface area (Å²) in [5.74, 6) is -6.36. The van der Waals surface area contributed by atoms with Gasteiger partial charge in [-0.15, -0.1) is 0 Å². The fourth-order valence-corrected chi connectivity index (χ4v) is 3.21. The zero-order chi connectivity index (χ0) is 21.4. The number of carbonyl (C=O) groups excluding carboxylic acids is 1. The number of carboxylic acid groups (broad SMARTS) is 1. The molecule has 0 bridgehead atoms. The van der Waals surface area contributed by atoms with Gasteiger partial charge in [-0.2, -0.15) is 5.26 Å². The number of piperidine rings is 1. The van der Waals surface area contributed by atoms with Gasteiger partial charge in [0, 0.05) is 31.3 Å². The summed E-state index contributed by atoms with van der Waals surface area (Å²) in [4.78, 5) is 22.9. The lowest BCUT2D eigenvalue weighted by Gasteiger charge is -2.29. The first-order valence-electron chi connectivity index (χ1n) is 8.93. The number of halogens is 4. The third-order valence-corrected chi connectivity index (χ3v) is 5.41. The maximum atomic E-state index is 12.8. The number of nitriles is 1. The number of hydrogen-bond acceptors (Lipinski definition) is 3. The van der Waals surface area contributed by atoms with Crippen LogP contribution in [-0.2, 0) is 4.79 Å². The predicted molar refractivity (Wildman–Crippen MR) is 89.9 cm³/mol. The average molecular weight is 407 g/mol. The summed E-state index contributed by atoms with van der Waals surface area (Å²) in [5, 5.41) is 19.6.